The summed E-state index contributed by atoms with van der Waals surface area (Å²) in [6.07, 6.45) is 3.40. The number of rotatable bonds is 3. The molecule has 2 aromatic rings. The van der Waals surface area contributed by atoms with Crippen LogP contribution in [0.5, 0.6) is 0 Å². The first-order valence-corrected chi connectivity index (χ1v) is 9.45. The molecule has 2 fully saturated rings. The SMILES string of the molecule is Cc1ccc(N2CCCC(NC(=O)N3CCOC(c4ccco4)C3)C2)nn1. The highest BCUT2D eigenvalue weighted by Crippen LogP contribution is 2.23. The van der Waals surface area contributed by atoms with Gasteiger partial charge in [0.1, 0.15) is 11.9 Å². The zero-order chi connectivity index (χ0) is 18.6. The second kappa shape index (κ2) is 7.96. The van der Waals surface area contributed by atoms with E-state index in [1.165, 1.54) is 0 Å². The monoisotopic (exact) mass is 371 g/mol. The minimum Gasteiger partial charge on any atom is -0.467 e. The van der Waals surface area contributed by atoms with Crippen LogP contribution in [0, 0.1) is 6.92 Å². The van der Waals surface area contributed by atoms with Gasteiger partial charge in [0.25, 0.3) is 0 Å². The fourth-order valence-electron chi connectivity index (χ4n) is 3.61. The summed E-state index contributed by atoms with van der Waals surface area (Å²) in [4.78, 5) is 16.7. The number of aryl methyl sites for hydroxylation is 1. The fraction of sp³-hybridized carbons (Fsp3) is 0.526. The van der Waals surface area contributed by atoms with Crippen LogP contribution in [0.15, 0.2) is 34.9 Å². The summed E-state index contributed by atoms with van der Waals surface area (Å²) in [6, 6.07) is 7.72. The highest BCUT2D eigenvalue weighted by Gasteiger charge is 2.29. The molecule has 0 radical (unpaired) electrons. The summed E-state index contributed by atoms with van der Waals surface area (Å²) in [5.41, 5.74) is 0.902. The molecular formula is C19H25N5O3. The molecule has 2 aliphatic heterocycles. The van der Waals surface area contributed by atoms with Crippen molar-refractivity contribution < 1.29 is 13.9 Å². The summed E-state index contributed by atoms with van der Waals surface area (Å²) in [6.45, 7) is 5.20. The van der Waals surface area contributed by atoms with Crippen molar-refractivity contribution in [1.82, 2.24) is 20.4 Å². The molecule has 2 amide bonds. The molecule has 0 spiro atoms. The van der Waals surface area contributed by atoms with Gasteiger partial charge in [-0.3, -0.25) is 0 Å². The maximum Gasteiger partial charge on any atom is 0.317 e. The molecule has 27 heavy (non-hydrogen) atoms. The van der Waals surface area contributed by atoms with Crippen molar-refractivity contribution in [2.24, 2.45) is 0 Å². The van der Waals surface area contributed by atoms with Gasteiger partial charge in [-0.25, -0.2) is 4.79 Å². The van der Waals surface area contributed by atoms with E-state index in [4.69, 9.17) is 9.15 Å². The van der Waals surface area contributed by atoms with Gasteiger partial charge in [0.05, 0.1) is 25.1 Å². The molecule has 144 valence electrons. The number of aromatic nitrogens is 2. The smallest absolute Gasteiger partial charge is 0.317 e. The van der Waals surface area contributed by atoms with E-state index in [1.54, 1.807) is 11.2 Å². The standard InChI is InChI=1S/C19H25N5O3/c1-14-6-7-18(22-21-14)23-8-2-4-15(12-23)20-19(25)24-9-11-27-17(13-24)16-5-3-10-26-16/h3,5-7,10,15,17H,2,4,8-9,11-13H2,1H3,(H,20,25). The molecule has 0 aliphatic carbocycles. The van der Waals surface area contributed by atoms with Crippen LogP contribution >= 0.6 is 0 Å². The summed E-state index contributed by atoms with van der Waals surface area (Å²) in [5.74, 6) is 1.62. The van der Waals surface area contributed by atoms with Gasteiger partial charge in [0.2, 0.25) is 0 Å². The van der Waals surface area contributed by atoms with Crippen molar-refractivity contribution in [3.63, 3.8) is 0 Å². The number of nitrogens with zero attached hydrogens (tertiary/aromatic N) is 4. The number of anilines is 1. The number of hydrogen-bond acceptors (Lipinski definition) is 6. The lowest BCUT2D eigenvalue weighted by Crippen LogP contribution is -2.54. The Kier molecular flexibility index (Phi) is 5.24. The normalized spacial score (nSPS) is 23.3. The second-order valence-electron chi connectivity index (χ2n) is 7.09. The topological polar surface area (TPSA) is 83.7 Å². The number of amides is 2. The Hall–Kier alpha value is -2.61. The quantitative estimate of drug-likeness (QED) is 0.890. The van der Waals surface area contributed by atoms with E-state index in [-0.39, 0.29) is 18.2 Å². The first-order chi connectivity index (χ1) is 13.2. The van der Waals surface area contributed by atoms with Crippen LogP contribution in [0.25, 0.3) is 0 Å². The third-order valence-electron chi connectivity index (χ3n) is 5.07. The highest BCUT2D eigenvalue weighted by atomic mass is 16.5. The summed E-state index contributed by atoms with van der Waals surface area (Å²) >= 11 is 0. The van der Waals surface area contributed by atoms with Gasteiger partial charge in [-0.2, -0.15) is 5.10 Å². The number of hydrogen-bond donors (Lipinski definition) is 1. The Morgan fingerprint density at radius 3 is 2.93 bits per heavy atom. The van der Waals surface area contributed by atoms with Gasteiger partial charge in [-0.05, 0) is 44.0 Å². The van der Waals surface area contributed by atoms with Crippen molar-refractivity contribution in [1.29, 1.82) is 0 Å². The zero-order valence-electron chi connectivity index (χ0n) is 15.5. The molecule has 0 aromatic carbocycles. The van der Waals surface area contributed by atoms with E-state index in [0.717, 1.165) is 43.2 Å². The van der Waals surface area contributed by atoms with Crippen molar-refractivity contribution in [3.05, 3.63) is 42.0 Å². The summed E-state index contributed by atoms with van der Waals surface area (Å²) in [5, 5.41) is 11.6. The lowest BCUT2D eigenvalue weighted by atomic mass is 10.1. The van der Waals surface area contributed by atoms with Gasteiger partial charge in [0, 0.05) is 25.7 Å². The largest absolute Gasteiger partial charge is 0.467 e. The number of nitrogens with one attached hydrogen (secondary N) is 1. The number of ether oxygens (including phenoxy) is 1. The van der Waals surface area contributed by atoms with Crippen LogP contribution in [0.2, 0.25) is 0 Å². The van der Waals surface area contributed by atoms with Crippen LogP contribution in [-0.4, -0.2) is 60.0 Å². The minimum absolute atomic E-state index is 0.0447. The molecule has 8 nitrogen and oxygen atoms in total. The lowest BCUT2D eigenvalue weighted by molar-refractivity contribution is -0.0263. The summed E-state index contributed by atoms with van der Waals surface area (Å²) < 4.78 is 11.2. The molecule has 2 saturated heterocycles. The van der Waals surface area contributed by atoms with Gasteiger partial charge in [-0.15, -0.1) is 5.10 Å². The third kappa shape index (κ3) is 4.21. The predicted molar refractivity (Wildman–Crippen MR) is 99.5 cm³/mol. The van der Waals surface area contributed by atoms with Gasteiger partial charge in [0.15, 0.2) is 5.82 Å². The predicted octanol–water partition coefficient (Wildman–Crippen LogP) is 2.13. The van der Waals surface area contributed by atoms with Crippen molar-refractivity contribution >= 4 is 11.8 Å². The fourth-order valence-corrected chi connectivity index (χ4v) is 3.61. The Balaban J connectivity index is 1.34. The molecule has 4 heterocycles. The minimum atomic E-state index is -0.204. The first kappa shape index (κ1) is 17.8. The number of furan rings is 1. The maximum atomic E-state index is 12.8. The van der Waals surface area contributed by atoms with Gasteiger partial charge < -0.3 is 24.3 Å². The lowest BCUT2D eigenvalue weighted by Gasteiger charge is -2.36. The number of carbonyl (C=O) groups excluding carboxylic acids is 1. The van der Waals surface area contributed by atoms with E-state index in [9.17, 15) is 4.79 Å². The van der Waals surface area contributed by atoms with E-state index >= 15 is 0 Å². The molecular weight excluding hydrogens is 346 g/mol. The molecule has 0 bridgehead atoms. The molecule has 2 aromatic heterocycles. The van der Waals surface area contributed by atoms with Crippen molar-refractivity contribution in [2.75, 3.05) is 37.7 Å². The molecule has 2 atom stereocenters. The Bertz CT molecular complexity index is 749. The molecule has 2 aliphatic rings. The van der Waals surface area contributed by atoms with Gasteiger partial charge >= 0.3 is 6.03 Å². The van der Waals surface area contributed by atoms with E-state index in [1.807, 2.05) is 31.2 Å². The maximum absolute atomic E-state index is 12.8. The molecule has 8 heteroatoms. The molecule has 4 rings (SSSR count). The van der Waals surface area contributed by atoms with Gasteiger partial charge in [-0.1, -0.05) is 0 Å². The average molecular weight is 371 g/mol. The van der Waals surface area contributed by atoms with Crippen LogP contribution < -0.4 is 10.2 Å². The summed E-state index contributed by atoms with van der Waals surface area (Å²) in [7, 11) is 0. The average Bonchev–Trinajstić information content (AvgIpc) is 3.24. The van der Waals surface area contributed by atoms with Crippen molar-refractivity contribution in [3.8, 4) is 0 Å². The number of piperidine rings is 1. The molecule has 0 saturated carbocycles. The number of carbonyl (C=O) groups is 1. The first-order valence-electron chi connectivity index (χ1n) is 9.45. The third-order valence-corrected chi connectivity index (χ3v) is 5.07. The van der Waals surface area contributed by atoms with E-state index in [2.05, 4.69) is 20.4 Å². The zero-order valence-corrected chi connectivity index (χ0v) is 15.5. The second-order valence-corrected chi connectivity index (χ2v) is 7.09. The number of urea groups is 1. The number of morpholine rings is 1. The van der Waals surface area contributed by atoms with Crippen LogP contribution in [-0.2, 0) is 4.74 Å². The highest BCUT2D eigenvalue weighted by molar-refractivity contribution is 5.74. The van der Waals surface area contributed by atoms with Crippen molar-refractivity contribution in [2.45, 2.75) is 31.9 Å². The molecule has 2 unspecified atom stereocenters. The van der Waals surface area contributed by atoms with E-state index < -0.39 is 0 Å². The Morgan fingerprint density at radius 1 is 1.22 bits per heavy atom. The Morgan fingerprint density at radius 2 is 2.15 bits per heavy atom. The van der Waals surface area contributed by atoms with Crippen LogP contribution in [0.4, 0.5) is 10.6 Å². The molecule has 1 N–H and O–H groups in total. The van der Waals surface area contributed by atoms with Crippen LogP contribution in [0.1, 0.15) is 30.4 Å². The Labute approximate surface area is 158 Å². The van der Waals surface area contributed by atoms with E-state index in [0.29, 0.717) is 19.7 Å². The van der Waals surface area contributed by atoms with Crippen LogP contribution in [0.3, 0.4) is 0 Å².